The van der Waals surface area contributed by atoms with Gasteiger partial charge in [0.25, 0.3) is 0 Å². The van der Waals surface area contributed by atoms with Crippen LogP contribution in [0.3, 0.4) is 0 Å². The lowest BCUT2D eigenvalue weighted by atomic mass is 10.0. The van der Waals surface area contributed by atoms with Crippen LogP contribution in [0.25, 0.3) is 0 Å². The minimum atomic E-state index is -3.80. The molecule has 6 nitrogen and oxygen atoms in total. The number of nitrogens with zero attached hydrogens (tertiary/aromatic N) is 1. The van der Waals surface area contributed by atoms with E-state index in [1.165, 1.54) is 35.7 Å². The zero-order valence-electron chi connectivity index (χ0n) is 15.3. The molecule has 2 aromatic carbocycles. The summed E-state index contributed by atoms with van der Waals surface area (Å²) in [5.41, 5.74) is 1.81. The van der Waals surface area contributed by atoms with Crippen LogP contribution in [-0.4, -0.2) is 32.3 Å². The molecule has 0 unspecified atom stereocenters. The molecule has 2 aromatic rings. The van der Waals surface area contributed by atoms with Gasteiger partial charge in [-0.15, -0.1) is 0 Å². The summed E-state index contributed by atoms with van der Waals surface area (Å²) >= 11 is 0. The molecule has 1 amide bonds. The third-order valence-electron chi connectivity index (χ3n) is 4.71. The van der Waals surface area contributed by atoms with Gasteiger partial charge in [-0.1, -0.05) is 13.0 Å². The Kier molecular flexibility index (Phi) is 5.21. The second-order valence-electron chi connectivity index (χ2n) is 6.36. The van der Waals surface area contributed by atoms with Crippen molar-refractivity contribution in [3.8, 4) is 5.75 Å². The maximum absolute atomic E-state index is 13.9. The number of carbonyl (C=O) groups is 1. The van der Waals surface area contributed by atoms with Crippen molar-refractivity contribution in [3.05, 3.63) is 53.3 Å². The Morgan fingerprint density at radius 1 is 1.22 bits per heavy atom. The van der Waals surface area contributed by atoms with E-state index in [-0.39, 0.29) is 29.6 Å². The largest absolute Gasteiger partial charge is 0.494 e. The molecule has 0 aromatic heterocycles. The van der Waals surface area contributed by atoms with Gasteiger partial charge in [0.15, 0.2) is 11.6 Å². The molecule has 3 rings (SSSR count). The quantitative estimate of drug-likeness (QED) is 0.820. The van der Waals surface area contributed by atoms with Gasteiger partial charge in [-0.2, -0.15) is 4.31 Å². The standard InChI is InChI=1S/C19H21FN2O4S/c1-4-22(11-13-5-8-18(26-3)16(20)9-13)27(24,25)14-6-7-17-15(10-14)12(2)19(23)21-17/h5-10,12H,4,11H2,1-3H3,(H,21,23)/t12-/m0/s1. The fourth-order valence-corrected chi connectivity index (χ4v) is 4.56. The molecule has 8 heteroatoms. The van der Waals surface area contributed by atoms with Gasteiger partial charge in [-0.3, -0.25) is 4.79 Å². The van der Waals surface area contributed by atoms with Gasteiger partial charge in [0.05, 0.1) is 17.9 Å². The summed E-state index contributed by atoms with van der Waals surface area (Å²) in [7, 11) is -2.43. The molecule has 0 saturated heterocycles. The molecule has 1 N–H and O–H groups in total. The number of ether oxygens (including phenoxy) is 1. The number of nitrogens with one attached hydrogen (secondary N) is 1. The van der Waals surface area contributed by atoms with E-state index in [1.54, 1.807) is 26.0 Å². The van der Waals surface area contributed by atoms with Crippen molar-refractivity contribution in [2.45, 2.75) is 31.2 Å². The van der Waals surface area contributed by atoms with Crippen LogP contribution in [0.5, 0.6) is 5.75 Å². The third kappa shape index (κ3) is 3.54. The van der Waals surface area contributed by atoms with E-state index in [4.69, 9.17) is 4.74 Å². The number of hydrogen-bond acceptors (Lipinski definition) is 4. The summed E-state index contributed by atoms with van der Waals surface area (Å²) in [5.74, 6) is -0.990. The highest BCUT2D eigenvalue weighted by molar-refractivity contribution is 7.89. The lowest BCUT2D eigenvalue weighted by Gasteiger charge is -2.21. The van der Waals surface area contributed by atoms with Crippen molar-refractivity contribution in [2.75, 3.05) is 19.0 Å². The van der Waals surface area contributed by atoms with Crippen LogP contribution < -0.4 is 10.1 Å². The fourth-order valence-electron chi connectivity index (χ4n) is 3.08. The Hall–Kier alpha value is -2.45. The Bertz CT molecular complexity index is 991. The van der Waals surface area contributed by atoms with E-state index in [2.05, 4.69) is 5.32 Å². The average molecular weight is 392 g/mol. The van der Waals surface area contributed by atoms with Crippen LogP contribution in [-0.2, 0) is 21.4 Å². The first-order chi connectivity index (χ1) is 12.8. The third-order valence-corrected chi connectivity index (χ3v) is 6.62. The number of methoxy groups -OCH3 is 1. The smallest absolute Gasteiger partial charge is 0.243 e. The number of sulfonamides is 1. The first-order valence-corrected chi connectivity index (χ1v) is 9.99. The van der Waals surface area contributed by atoms with Gasteiger partial charge in [-0.25, -0.2) is 12.8 Å². The van der Waals surface area contributed by atoms with Gasteiger partial charge in [0.1, 0.15) is 0 Å². The van der Waals surface area contributed by atoms with Crippen molar-refractivity contribution < 1.29 is 22.3 Å². The van der Waals surface area contributed by atoms with Crippen LogP contribution >= 0.6 is 0 Å². The number of anilines is 1. The molecular formula is C19H21FN2O4S. The second-order valence-corrected chi connectivity index (χ2v) is 8.30. The van der Waals surface area contributed by atoms with Gasteiger partial charge < -0.3 is 10.1 Å². The summed E-state index contributed by atoms with van der Waals surface area (Å²) in [5, 5.41) is 2.72. The molecule has 0 aliphatic carbocycles. The molecule has 1 aliphatic heterocycles. The molecular weight excluding hydrogens is 371 g/mol. The van der Waals surface area contributed by atoms with E-state index in [1.807, 2.05) is 0 Å². The monoisotopic (exact) mass is 392 g/mol. The number of rotatable bonds is 6. The number of hydrogen-bond donors (Lipinski definition) is 1. The molecule has 0 spiro atoms. The highest BCUT2D eigenvalue weighted by Gasteiger charge is 2.30. The molecule has 27 heavy (non-hydrogen) atoms. The number of benzene rings is 2. The lowest BCUT2D eigenvalue weighted by Crippen LogP contribution is -2.30. The number of halogens is 1. The van der Waals surface area contributed by atoms with Crippen molar-refractivity contribution in [3.63, 3.8) is 0 Å². The van der Waals surface area contributed by atoms with Crippen LogP contribution in [0, 0.1) is 5.82 Å². The van der Waals surface area contributed by atoms with Gasteiger partial charge >= 0.3 is 0 Å². The maximum Gasteiger partial charge on any atom is 0.243 e. The molecule has 0 saturated carbocycles. The molecule has 0 radical (unpaired) electrons. The highest BCUT2D eigenvalue weighted by atomic mass is 32.2. The fraction of sp³-hybridized carbons (Fsp3) is 0.316. The molecule has 0 fully saturated rings. The van der Waals surface area contributed by atoms with Gasteiger partial charge in [-0.05, 0) is 48.4 Å². The molecule has 1 atom stereocenters. The Morgan fingerprint density at radius 3 is 2.59 bits per heavy atom. The summed E-state index contributed by atoms with van der Waals surface area (Å²) in [6, 6.07) is 8.98. The summed E-state index contributed by atoms with van der Waals surface area (Å²) in [4.78, 5) is 11.9. The van der Waals surface area contributed by atoms with E-state index < -0.39 is 21.8 Å². The SMILES string of the molecule is CCN(Cc1ccc(OC)c(F)c1)S(=O)(=O)c1ccc2c(c1)[C@H](C)C(=O)N2. The summed E-state index contributed by atoms with van der Waals surface area (Å²) in [6.07, 6.45) is 0. The number of carbonyl (C=O) groups excluding carboxylic acids is 1. The zero-order valence-corrected chi connectivity index (χ0v) is 16.1. The van der Waals surface area contributed by atoms with Crippen LogP contribution in [0.4, 0.5) is 10.1 Å². The molecule has 144 valence electrons. The topological polar surface area (TPSA) is 75.7 Å². The molecule has 0 bridgehead atoms. The van der Waals surface area contributed by atoms with E-state index >= 15 is 0 Å². The zero-order chi connectivity index (χ0) is 19.8. The minimum absolute atomic E-state index is 0.0313. The van der Waals surface area contributed by atoms with Crippen molar-refractivity contribution in [1.29, 1.82) is 0 Å². The molecule has 1 aliphatic rings. The predicted molar refractivity (Wildman–Crippen MR) is 99.7 cm³/mol. The van der Waals surface area contributed by atoms with Crippen molar-refractivity contribution in [1.82, 2.24) is 4.31 Å². The predicted octanol–water partition coefficient (Wildman–Crippen LogP) is 3.10. The number of fused-ring (bicyclic) bond motifs is 1. The minimum Gasteiger partial charge on any atom is -0.494 e. The van der Waals surface area contributed by atoms with Crippen molar-refractivity contribution in [2.24, 2.45) is 0 Å². The average Bonchev–Trinajstić information content (AvgIpc) is 2.93. The van der Waals surface area contributed by atoms with Gasteiger partial charge in [0.2, 0.25) is 15.9 Å². The van der Waals surface area contributed by atoms with Gasteiger partial charge in [0, 0.05) is 18.8 Å². The normalized spacial score (nSPS) is 16.3. The van der Waals surface area contributed by atoms with Crippen LogP contribution in [0.1, 0.15) is 30.9 Å². The Labute approximate surface area is 158 Å². The Balaban J connectivity index is 1.91. The molecule has 1 heterocycles. The number of amides is 1. The maximum atomic E-state index is 13.9. The lowest BCUT2D eigenvalue weighted by molar-refractivity contribution is -0.116. The Morgan fingerprint density at radius 2 is 1.96 bits per heavy atom. The summed E-state index contributed by atoms with van der Waals surface area (Å²) in [6.45, 7) is 3.71. The highest BCUT2D eigenvalue weighted by Crippen LogP contribution is 2.34. The van der Waals surface area contributed by atoms with E-state index in [0.717, 1.165) is 0 Å². The van der Waals surface area contributed by atoms with E-state index in [0.29, 0.717) is 16.8 Å². The first kappa shape index (κ1) is 19.3. The second kappa shape index (κ2) is 7.28. The first-order valence-electron chi connectivity index (χ1n) is 8.55. The summed E-state index contributed by atoms with van der Waals surface area (Å²) < 4.78 is 46.2. The van der Waals surface area contributed by atoms with Crippen molar-refractivity contribution >= 4 is 21.6 Å². The van der Waals surface area contributed by atoms with E-state index in [9.17, 15) is 17.6 Å². The van der Waals surface area contributed by atoms with Crippen LogP contribution in [0.15, 0.2) is 41.3 Å². The van der Waals surface area contributed by atoms with Crippen LogP contribution in [0.2, 0.25) is 0 Å².